The van der Waals surface area contributed by atoms with E-state index in [4.69, 9.17) is 16.0 Å². The van der Waals surface area contributed by atoms with Crippen molar-refractivity contribution in [1.82, 2.24) is 9.71 Å². The maximum Gasteiger partial charge on any atom is 0.285 e. The fourth-order valence-electron chi connectivity index (χ4n) is 3.39. The van der Waals surface area contributed by atoms with E-state index in [1.807, 2.05) is 31.6 Å². The van der Waals surface area contributed by atoms with E-state index < -0.39 is 22.0 Å². The van der Waals surface area contributed by atoms with Crippen LogP contribution >= 0.6 is 23.4 Å². The van der Waals surface area contributed by atoms with Crippen molar-refractivity contribution in [2.24, 2.45) is 0 Å². The maximum absolute atomic E-state index is 13.0. The minimum atomic E-state index is -3.80. The summed E-state index contributed by atoms with van der Waals surface area (Å²) in [5, 5.41) is 4.25. The summed E-state index contributed by atoms with van der Waals surface area (Å²) < 4.78 is 31.1. The molecule has 1 aromatic carbocycles. The molecule has 0 fully saturated rings. The summed E-state index contributed by atoms with van der Waals surface area (Å²) in [7, 11) is -3.80. The number of benzene rings is 1. The molecule has 2 heterocycles. The number of aryl methyl sites for hydroxylation is 1. The number of amides is 1. The van der Waals surface area contributed by atoms with E-state index in [0.717, 1.165) is 17.6 Å². The van der Waals surface area contributed by atoms with Crippen molar-refractivity contribution in [2.45, 2.75) is 38.8 Å². The van der Waals surface area contributed by atoms with Gasteiger partial charge in [0.1, 0.15) is 10.7 Å². The second kappa shape index (κ2) is 9.74. The molecule has 0 radical (unpaired) electrons. The number of nitrogens with zero attached hydrogens (tertiary/aromatic N) is 1. The Morgan fingerprint density at radius 2 is 1.97 bits per heavy atom. The van der Waals surface area contributed by atoms with Crippen molar-refractivity contribution < 1.29 is 17.6 Å². The summed E-state index contributed by atoms with van der Waals surface area (Å²) in [5.74, 6) is -0.160. The zero-order chi connectivity index (χ0) is 24.5. The number of aromatic nitrogens is 1. The van der Waals surface area contributed by atoms with Crippen LogP contribution in [0.2, 0.25) is 5.15 Å². The molecule has 8 nitrogen and oxygen atoms in total. The molecule has 2 aromatic heterocycles. The quantitative estimate of drug-likeness (QED) is 0.354. The van der Waals surface area contributed by atoms with Gasteiger partial charge in [0.2, 0.25) is 10.0 Å². The van der Waals surface area contributed by atoms with Gasteiger partial charge in [0, 0.05) is 11.1 Å². The van der Waals surface area contributed by atoms with Crippen LogP contribution in [0, 0.1) is 13.8 Å². The first-order valence-electron chi connectivity index (χ1n) is 10.1. The standard InChI is InChI=1S/C22H24ClN3O5S2/c1-6-32-22-12(3)19(27)15-10-11(2)9-14(20(15)31-22)13(4)24-16-7-8-17(23)25-18(16)21(28)26-33(5,29)30/h7-10,13,24H,6H2,1-5H3,(H,26,28). The predicted octanol–water partition coefficient (Wildman–Crippen LogP) is 4.43. The van der Waals surface area contributed by atoms with Crippen LogP contribution in [0.5, 0.6) is 0 Å². The maximum atomic E-state index is 13.0. The summed E-state index contributed by atoms with van der Waals surface area (Å²) in [6.45, 7) is 7.45. The number of hydrogen-bond acceptors (Lipinski definition) is 8. The first-order valence-corrected chi connectivity index (χ1v) is 13.3. The highest BCUT2D eigenvalue weighted by atomic mass is 35.5. The second-order valence-corrected chi connectivity index (χ2v) is 11.0. The number of thioether (sulfide) groups is 1. The van der Waals surface area contributed by atoms with E-state index in [0.29, 0.717) is 27.2 Å². The largest absolute Gasteiger partial charge is 0.449 e. The smallest absolute Gasteiger partial charge is 0.285 e. The highest BCUT2D eigenvalue weighted by Gasteiger charge is 2.22. The van der Waals surface area contributed by atoms with Crippen LogP contribution in [-0.2, 0) is 10.0 Å². The van der Waals surface area contributed by atoms with Crippen LogP contribution in [0.4, 0.5) is 5.69 Å². The molecule has 0 aliphatic heterocycles. The van der Waals surface area contributed by atoms with Crippen LogP contribution in [-0.4, -0.2) is 31.3 Å². The van der Waals surface area contributed by atoms with Gasteiger partial charge >= 0.3 is 0 Å². The van der Waals surface area contributed by atoms with Crippen LogP contribution in [0.15, 0.2) is 38.6 Å². The Kier molecular flexibility index (Phi) is 7.40. The summed E-state index contributed by atoms with van der Waals surface area (Å²) in [4.78, 5) is 29.5. The van der Waals surface area contributed by atoms with Gasteiger partial charge in [-0.3, -0.25) is 9.59 Å². The number of sulfonamides is 1. The third-order valence-electron chi connectivity index (χ3n) is 4.82. The lowest BCUT2D eigenvalue weighted by Gasteiger charge is -2.20. The number of nitrogens with one attached hydrogen (secondary N) is 2. The van der Waals surface area contributed by atoms with Crippen LogP contribution in [0.3, 0.4) is 0 Å². The molecule has 1 amide bonds. The Labute approximate surface area is 201 Å². The Balaban J connectivity index is 2.10. The Hall–Kier alpha value is -2.56. The molecule has 2 N–H and O–H groups in total. The molecule has 3 aromatic rings. The molecule has 176 valence electrons. The third kappa shape index (κ3) is 5.69. The predicted molar refractivity (Wildman–Crippen MR) is 132 cm³/mol. The Bertz CT molecular complexity index is 1400. The summed E-state index contributed by atoms with van der Waals surface area (Å²) >= 11 is 7.39. The molecule has 33 heavy (non-hydrogen) atoms. The Morgan fingerprint density at radius 1 is 1.27 bits per heavy atom. The first kappa shape index (κ1) is 25.1. The second-order valence-electron chi connectivity index (χ2n) is 7.61. The summed E-state index contributed by atoms with van der Waals surface area (Å²) in [6.07, 6.45) is 0.875. The molecule has 0 aliphatic rings. The van der Waals surface area contributed by atoms with E-state index in [1.165, 1.54) is 17.8 Å². The fraction of sp³-hybridized carbons (Fsp3) is 0.318. The number of pyridine rings is 1. The van der Waals surface area contributed by atoms with Crippen LogP contribution in [0.25, 0.3) is 11.0 Å². The SMILES string of the molecule is CCSc1oc2c(C(C)Nc3ccc(Cl)nc3C(=O)NS(C)(=O)=O)cc(C)cc2c(=O)c1C. The van der Waals surface area contributed by atoms with Crippen molar-refractivity contribution >= 4 is 55.9 Å². The molecular formula is C22H24ClN3O5S2. The zero-order valence-corrected chi connectivity index (χ0v) is 21.2. The van der Waals surface area contributed by atoms with Crippen molar-refractivity contribution in [3.63, 3.8) is 0 Å². The van der Waals surface area contributed by atoms with Gasteiger partial charge in [0.15, 0.2) is 16.2 Å². The van der Waals surface area contributed by atoms with E-state index in [1.54, 1.807) is 19.1 Å². The lowest BCUT2D eigenvalue weighted by Crippen LogP contribution is -2.31. The highest BCUT2D eigenvalue weighted by molar-refractivity contribution is 7.99. The van der Waals surface area contributed by atoms with Crippen LogP contribution in [0.1, 0.15) is 47.1 Å². The number of anilines is 1. The fourth-order valence-corrected chi connectivity index (χ4v) is 4.69. The third-order valence-corrected chi connectivity index (χ3v) is 6.52. The molecule has 0 bridgehead atoms. The topological polar surface area (TPSA) is 118 Å². The van der Waals surface area contributed by atoms with E-state index in [-0.39, 0.29) is 22.0 Å². The lowest BCUT2D eigenvalue weighted by molar-refractivity contribution is 0.0977. The van der Waals surface area contributed by atoms with Gasteiger partial charge in [-0.25, -0.2) is 18.1 Å². The normalized spacial score (nSPS) is 12.5. The van der Waals surface area contributed by atoms with Crippen LogP contribution < -0.4 is 15.5 Å². The van der Waals surface area contributed by atoms with Gasteiger partial charge in [-0.15, -0.1) is 0 Å². The molecular weight excluding hydrogens is 486 g/mol. The lowest BCUT2D eigenvalue weighted by atomic mass is 10.0. The van der Waals surface area contributed by atoms with Gasteiger partial charge in [0.05, 0.1) is 23.4 Å². The zero-order valence-electron chi connectivity index (χ0n) is 18.8. The van der Waals surface area contributed by atoms with Gasteiger partial charge in [-0.2, -0.15) is 0 Å². The number of carbonyl (C=O) groups excluding carboxylic acids is 1. The molecule has 0 saturated heterocycles. The van der Waals surface area contributed by atoms with Gasteiger partial charge < -0.3 is 9.73 Å². The first-order chi connectivity index (χ1) is 15.4. The van der Waals surface area contributed by atoms with Gasteiger partial charge in [0.25, 0.3) is 5.91 Å². The molecule has 1 unspecified atom stereocenters. The average molecular weight is 510 g/mol. The molecule has 11 heteroatoms. The minimum absolute atomic E-state index is 0.0376. The van der Waals surface area contributed by atoms with E-state index in [9.17, 15) is 18.0 Å². The monoisotopic (exact) mass is 509 g/mol. The average Bonchev–Trinajstić information content (AvgIpc) is 2.72. The van der Waals surface area contributed by atoms with E-state index in [2.05, 4.69) is 10.3 Å². The number of fused-ring (bicyclic) bond motifs is 1. The van der Waals surface area contributed by atoms with Gasteiger partial charge in [-0.1, -0.05) is 36.4 Å². The van der Waals surface area contributed by atoms with Crippen molar-refractivity contribution in [2.75, 3.05) is 17.3 Å². The Morgan fingerprint density at radius 3 is 2.61 bits per heavy atom. The number of rotatable bonds is 7. The molecule has 0 spiro atoms. The molecule has 3 rings (SSSR count). The minimum Gasteiger partial charge on any atom is -0.449 e. The summed E-state index contributed by atoms with van der Waals surface area (Å²) in [6, 6.07) is 6.30. The molecule has 1 atom stereocenters. The highest BCUT2D eigenvalue weighted by Crippen LogP contribution is 2.32. The van der Waals surface area contributed by atoms with Gasteiger partial charge in [-0.05, 0) is 50.3 Å². The van der Waals surface area contributed by atoms with E-state index >= 15 is 0 Å². The number of carbonyl (C=O) groups is 1. The summed E-state index contributed by atoms with van der Waals surface area (Å²) in [5.41, 5.74) is 2.62. The number of halogens is 1. The van der Waals surface area contributed by atoms with Crippen molar-refractivity contribution in [3.05, 3.63) is 62.0 Å². The molecule has 0 saturated carbocycles. The number of hydrogen-bond donors (Lipinski definition) is 2. The van der Waals surface area contributed by atoms with Crippen molar-refractivity contribution in [1.29, 1.82) is 0 Å². The molecule has 0 aliphatic carbocycles. The van der Waals surface area contributed by atoms with Crippen molar-refractivity contribution in [3.8, 4) is 0 Å².